The Balaban J connectivity index is 1.76. The number of benzene rings is 1. The number of carbonyl (C=O) groups is 1. The highest BCUT2D eigenvalue weighted by molar-refractivity contribution is 5.74. The van der Waals surface area contributed by atoms with Gasteiger partial charge in [-0.05, 0) is 47.6 Å². The predicted molar refractivity (Wildman–Crippen MR) is 98.0 cm³/mol. The van der Waals surface area contributed by atoms with Crippen molar-refractivity contribution in [3.8, 4) is 0 Å². The van der Waals surface area contributed by atoms with Crippen molar-refractivity contribution in [1.82, 2.24) is 15.6 Å². The Morgan fingerprint density at radius 2 is 1.71 bits per heavy atom. The van der Waals surface area contributed by atoms with E-state index in [4.69, 9.17) is 0 Å². The number of urea groups is 1. The number of pyridine rings is 1. The second-order valence-corrected chi connectivity index (χ2v) is 7.10. The smallest absolute Gasteiger partial charge is 0.315 e. The fourth-order valence-corrected chi connectivity index (χ4v) is 2.47. The van der Waals surface area contributed by atoms with Gasteiger partial charge in [0.1, 0.15) is 0 Å². The van der Waals surface area contributed by atoms with Crippen molar-refractivity contribution in [1.29, 1.82) is 0 Å². The van der Waals surface area contributed by atoms with E-state index >= 15 is 0 Å². The van der Waals surface area contributed by atoms with Crippen LogP contribution in [0.15, 0.2) is 48.8 Å². The summed E-state index contributed by atoms with van der Waals surface area (Å²) in [6.45, 7) is 9.19. The Bertz CT molecular complexity index is 645. The van der Waals surface area contributed by atoms with Crippen LogP contribution in [0.1, 0.15) is 50.4 Å². The van der Waals surface area contributed by atoms with Crippen LogP contribution in [0.5, 0.6) is 0 Å². The van der Waals surface area contributed by atoms with Crippen LogP contribution < -0.4 is 10.6 Å². The van der Waals surface area contributed by atoms with Gasteiger partial charge in [0, 0.05) is 18.9 Å². The van der Waals surface area contributed by atoms with Gasteiger partial charge in [0.15, 0.2) is 0 Å². The fraction of sp³-hybridized carbons (Fsp3) is 0.400. The lowest BCUT2D eigenvalue weighted by atomic mass is 9.86. The molecular formula is C20H27N3O. The molecule has 1 unspecified atom stereocenters. The maximum absolute atomic E-state index is 12.0. The molecule has 2 amide bonds. The first kappa shape index (κ1) is 18.0. The average molecular weight is 325 g/mol. The van der Waals surface area contributed by atoms with Gasteiger partial charge >= 0.3 is 6.03 Å². The van der Waals surface area contributed by atoms with Crippen LogP contribution in [-0.2, 0) is 11.8 Å². The molecule has 128 valence electrons. The first-order valence-electron chi connectivity index (χ1n) is 8.40. The van der Waals surface area contributed by atoms with Crippen molar-refractivity contribution < 1.29 is 4.79 Å². The molecule has 2 aromatic rings. The van der Waals surface area contributed by atoms with Gasteiger partial charge in [-0.15, -0.1) is 0 Å². The molecule has 0 fully saturated rings. The van der Waals surface area contributed by atoms with Crippen LogP contribution in [0, 0.1) is 0 Å². The normalized spacial score (nSPS) is 12.5. The summed E-state index contributed by atoms with van der Waals surface area (Å²) in [5, 5.41) is 5.84. The molecule has 4 heteroatoms. The maximum atomic E-state index is 12.0. The number of carbonyl (C=O) groups excluding carboxylic acids is 1. The van der Waals surface area contributed by atoms with Crippen LogP contribution in [0.3, 0.4) is 0 Å². The number of aromatic nitrogens is 1. The van der Waals surface area contributed by atoms with Crippen LogP contribution in [-0.4, -0.2) is 17.6 Å². The highest BCUT2D eigenvalue weighted by Crippen LogP contribution is 2.22. The quantitative estimate of drug-likeness (QED) is 0.873. The zero-order chi connectivity index (χ0) is 17.6. The minimum Gasteiger partial charge on any atom is -0.338 e. The molecule has 0 saturated carbocycles. The van der Waals surface area contributed by atoms with Crippen molar-refractivity contribution in [3.05, 3.63) is 65.5 Å². The molecule has 1 atom stereocenters. The minimum atomic E-state index is -0.148. The summed E-state index contributed by atoms with van der Waals surface area (Å²) in [7, 11) is 0. The lowest BCUT2D eigenvalue weighted by Crippen LogP contribution is -2.38. The largest absolute Gasteiger partial charge is 0.338 e. The summed E-state index contributed by atoms with van der Waals surface area (Å²) < 4.78 is 0. The van der Waals surface area contributed by atoms with E-state index in [0.29, 0.717) is 6.54 Å². The molecule has 2 rings (SSSR count). The molecular weight excluding hydrogens is 298 g/mol. The maximum Gasteiger partial charge on any atom is 0.315 e. The van der Waals surface area contributed by atoms with Crippen molar-refractivity contribution >= 4 is 6.03 Å². The standard InChI is InChI=1S/C20H27N3O/c1-15(17-10-12-21-13-11-17)23-19(24)22-14-9-16-5-7-18(8-6-16)20(2,3)4/h5-8,10-13,15H,9,14H2,1-4H3,(H2,22,23,24). The fourth-order valence-electron chi connectivity index (χ4n) is 2.47. The SMILES string of the molecule is CC(NC(=O)NCCc1ccc(C(C)(C)C)cc1)c1ccncc1. The summed E-state index contributed by atoms with van der Waals surface area (Å²) in [5.74, 6) is 0. The molecule has 0 saturated heterocycles. The second-order valence-electron chi connectivity index (χ2n) is 7.10. The van der Waals surface area contributed by atoms with Crippen LogP contribution in [0.2, 0.25) is 0 Å². The van der Waals surface area contributed by atoms with Gasteiger partial charge in [0.25, 0.3) is 0 Å². The van der Waals surface area contributed by atoms with Gasteiger partial charge in [-0.2, -0.15) is 0 Å². The monoisotopic (exact) mass is 325 g/mol. The number of rotatable bonds is 5. The Morgan fingerprint density at radius 1 is 1.08 bits per heavy atom. The van der Waals surface area contributed by atoms with Crippen molar-refractivity contribution in [3.63, 3.8) is 0 Å². The van der Waals surface area contributed by atoms with Gasteiger partial charge in [-0.1, -0.05) is 45.0 Å². The molecule has 1 aromatic carbocycles. The second kappa shape index (κ2) is 7.95. The highest BCUT2D eigenvalue weighted by atomic mass is 16.2. The molecule has 2 N–H and O–H groups in total. The third-order valence-electron chi connectivity index (χ3n) is 4.07. The van der Waals surface area contributed by atoms with Crippen LogP contribution in [0.4, 0.5) is 4.79 Å². The third-order valence-corrected chi connectivity index (χ3v) is 4.07. The lowest BCUT2D eigenvalue weighted by molar-refractivity contribution is 0.238. The summed E-state index contributed by atoms with van der Waals surface area (Å²) in [6.07, 6.45) is 4.28. The Labute approximate surface area is 144 Å². The van der Waals surface area contributed by atoms with E-state index in [1.165, 1.54) is 11.1 Å². The molecule has 0 aliphatic carbocycles. The average Bonchev–Trinajstić information content (AvgIpc) is 2.55. The third kappa shape index (κ3) is 5.37. The number of amides is 2. The molecule has 0 bridgehead atoms. The van der Waals surface area contributed by atoms with Crippen molar-refractivity contribution in [2.75, 3.05) is 6.54 Å². The van der Waals surface area contributed by atoms with Gasteiger partial charge in [0.2, 0.25) is 0 Å². The van der Waals surface area contributed by atoms with E-state index in [2.05, 4.69) is 60.7 Å². The first-order chi connectivity index (χ1) is 11.4. The number of hydrogen-bond acceptors (Lipinski definition) is 2. The zero-order valence-electron chi connectivity index (χ0n) is 15.0. The number of nitrogens with one attached hydrogen (secondary N) is 2. The van der Waals surface area contributed by atoms with Crippen molar-refractivity contribution in [2.24, 2.45) is 0 Å². The molecule has 0 spiro atoms. The molecule has 1 heterocycles. The molecule has 4 nitrogen and oxygen atoms in total. The number of nitrogens with zero attached hydrogens (tertiary/aromatic N) is 1. The lowest BCUT2D eigenvalue weighted by Gasteiger charge is -2.19. The number of hydrogen-bond donors (Lipinski definition) is 2. The van der Waals surface area contributed by atoms with Gasteiger partial charge < -0.3 is 10.6 Å². The Hall–Kier alpha value is -2.36. The van der Waals surface area contributed by atoms with Crippen LogP contribution in [0.25, 0.3) is 0 Å². The molecule has 24 heavy (non-hydrogen) atoms. The first-order valence-corrected chi connectivity index (χ1v) is 8.40. The molecule has 0 aliphatic rings. The van der Waals surface area contributed by atoms with E-state index in [1.54, 1.807) is 12.4 Å². The van der Waals surface area contributed by atoms with Crippen LogP contribution >= 0.6 is 0 Å². The topological polar surface area (TPSA) is 54.0 Å². The zero-order valence-corrected chi connectivity index (χ0v) is 15.0. The summed E-state index contributed by atoms with van der Waals surface area (Å²) in [5.41, 5.74) is 3.76. The van der Waals surface area contributed by atoms with E-state index in [0.717, 1.165) is 12.0 Å². The van der Waals surface area contributed by atoms with Gasteiger partial charge in [-0.3, -0.25) is 4.98 Å². The summed E-state index contributed by atoms with van der Waals surface area (Å²) in [4.78, 5) is 15.9. The highest BCUT2D eigenvalue weighted by Gasteiger charge is 2.13. The molecule has 1 aromatic heterocycles. The Morgan fingerprint density at radius 3 is 2.29 bits per heavy atom. The predicted octanol–water partition coefficient (Wildman–Crippen LogP) is 3.98. The Kier molecular flexibility index (Phi) is 5.96. The van der Waals surface area contributed by atoms with E-state index in [-0.39, 0.29) is 17.5 Å². The molecule has 0 radical (unpaired) electrons. The summed E-state index contributed by atoms with van der Waals surface area (Å²) >= 11 is 0. The molecule has 0 aliphatic heterocycles. The van der Waals surface area contributed by atoms with E-state index in [1.807, 2.05) is 19.1 Å². The van der Waals surface area contributed by atoms with Crippen molar-refractivity contribution in [2.45, 2.75) is 45.6 Å². The van der Waals surface area contributed by atoms with Gasteiger partial charge in [0.05, 0.1) is 6.04 Å². The van der Waals surface area contributed by atoms with Gasteiger partial charge in [-0.25, -0.2) is 4.79 Å². The van der Waals surface area contributed by atoms with E-state index < -0.39 is 0 Å². The van der Waals surface area contributed by atoms with E-state index in [9.17, 15) is 4.79 Å². The minimum absolute atomic E-state index is 0.0425. The summed E-state index contributed by atoms with van der Waals surface area (Å²) in [6, 6.07) is 12.2.